The number of hydrogen-bond donors (Lipinski definition) is 1. The van der Waals surface area contributed by atoms with Gasteiger partial charge in [0.1, 0.15) is 4.88 Å². The highest BCUT2D eigenvalue weighted by Gasteiger charge is 2.12. The predicted octanol–water partition coefficient (Wildman–Crippen LogP) is 4.72. The smallest absolute Gasteiger partial charge is 0.267 e. The summed E-state index contributed by atoms with van der Waals surface area (Å²) in [5, 5.41) is 5.09. The zero-order chi connectivity index (χ0) is 12.4. The molecule has 0 fully saturated rings. The molecule has 0 atom stereocenters. The molecule has 0 aliphatic carbocycles. The largest absolute Gasteiger partial charge is 0.321 e. The van der Waals surface area contributed by atoms with E-state index in [1.807, 2.05) is 25.1 Å². The number of rotatable bonds is 2. The van der Waals surface area contributed by atoms with E-state index in [0.29, 0.717) is 9.90 Å². The van der Waals surface area contributed by atoms with E-state index >= 15 is 0 Å². The van der Waals surface area contributed by atoms with Gasteiger partial charge in [-0.15, -0.1) is 11.3 Å². The van der Waals surface area contributed by atoms with Gasteiger partial charge in [0.05, 0.1) is 5.02 Å². The maximum Gasteiger partial charge on any atom is 0.267 e. The summed E-state index contributed by atoms with van der Waals surface area (Å²) >= 11 is 10.7. The third-order valence-electron chi connectivity index (χ3n) is 2.25. The van der Waals surface area contributed by atoms with Crippen LogP contribution in [0.4, 0.5) is 5.69 Å². The monoisotopic (exact) mass is 329 g/mol. The number of aryl methyl sites for hydroxylation is 1. The number of carbonyl (C=O) groups is 1. The van der Waals surface area contributed by atoms with E-state index in [0.717, 1.165) is 15.7 Å². The second-order valence-electron chi connectivity index (χ2n) is 3.52. The Morgan fingerprint density at radius 2 is 2.18 bits per heavy atom. The highest BCUT2D eigenvalue weighted by atomic mass is 79.9. The molecule has 0 saturated heterocycles. The van der Waals surface area contributed by atoms with Gasteiger partial charge in [0.15, 0.2) is 0 Å². The van der Waals surface area contributed by atoms with Gasteiger partial charge in [-0.25, -0.2) is 0 Å². The van der Waals surface area contributed by atoms with Crippen LogP contribution in [0.1, 0.15) is 15.2 Å². The van der Waals surface area contributed by atoms with Crippen LogP contribution < -0.4 is 5.32 Å². The summed E-state index contributed by atoms with van der Waals surface area (Å²) in [4.78, 5) is 12.4. The Morgan fingerprint density at radius 1 is 1.41 bits per heavy atom. The molecular weight excluding hydrogens is 322 g/mol. The van der Waals surface area contributed by atoms with Crippen LogP contribution >= 0.6 is 38.9 Å². The van der Waals surface area contributed by atoms with Crippen molar-refractivity contribution >= 4 is 50.5 Å². The molecular formula is C12H9BrClNOS. The summed E-state index contributed by atoms with van der Waals surface area (Å²) < 4.78 is 0.965. The molecule has 1 aromatic heterocycles. The van der Waals surface area contributed by atoms with Crippen molar-refractivity contribution in [3.8, 4) is 0 Å². The van der Waals surface area contributed by atoms with Crippen LogP contribution in [-0.4, -0.2) is 5.91 Å². The molecule has 0 radical (unpaired) electrons. The first kappa shape index (κ1) is 12.6. The highest BCUT2D eigenvalue weighted by molar-refractivity contribution is 9.10. The number of hydrogen-bond acceptors (Lipinski definition) is 2. The summed E-state index contributed by atoms with van der Waals surface area (Å²) in [5.74, 6) is -0.180. The van der Waals surface area contributed by atoms with Gasteiger partial charge in [-0.1, -0.05) is 33.6 Å². The van der Waals surface area contributed by atoms with Crippen molar-refractivity contribution in [1.82, 2.24) is 0 Å². The van der Waals surface area contributed by atoms with Crippen molar-refractivity contribution in [3.05, 3.63) is 49.6 Å². The molecule has 0 aliphatic rings. The molecule has 0 bridgehead atoms. The van der Waals surface area contributed by atoms with Crippen molar-refractivity contribution in [3.63, 3.8) is 0 Å². The maximum atomic E-state index is 11.9. The fraction of sp³-hybridized carbons (Fsp3) is 0.0833. The Morgan fingerprint density at radius 3 is 2.76 bits per heavy atom. The molecule has 0 spiro atoms. The van der Waals surface area contributed by atoms with Crippen LogP contribution in [0.15, 0.2) is 34.1 Å². The molecule has 5 heteroatoms. The minimum atomic E-state index is -0.180. The van der Waals surface area contributed by atoms with E-state index in [1.54, 1.807) is 11.4 Å². The Bertz CT molecular complexity index is 567. The molecule has 17 heavy (non-hydrogen) atoms. The number of anilines is 1. The number of nitrogens with one attached hydrogen (secondary N) is 1. The van der Waals surface area contributed by atoms with Crippen LogP contribution in [0.5, 0.6) is 0 Å². The number of thiophene rings is 1. The van der Waals surface area contributed by atoms with E-state index in [9.17, 15) is 4.79 Å². The number of halogens is 2. The van der Waals surface area contributed by atoms with Gasteiger partial charge in [0.25, 0.3) is 5.91 Å². The standard InChI is InChI=1S/C12H9BrClNOS/c1-7-2-3-8(6-9(7)13)15-12(16)11-10(14)4-5-17-11/h2-6H,1H3,(H,15,16). The first-order valence-corrected chi connectivity index (χ1v) is 6.93. The second kappa shape index (κ2) is 5.21. The van der Waals surface area contributed by atoms with E-state index in [2.05, 4.69) is 21.2 Å². The second-order valence-corrected chi connectivity index (χ2v) is 5.69. The minimum absolute atomic E-state index is 0.180. The Labute approximate surface area is 117 Å². The molecule has 1 amide bonds. The van der Waals surface area contributed by atoms with Gasteiger partial charge in [0.2, 0.25) is 0 Å². The third-order valence-corrected chi connectivity index (χ3v) is 4.45. The van der Waals surface area contributed by atoms with Crippen molar-refractivity contribution in [2.45, 2.75) is 6.92 Å². The summed E-state index contributed by atoms with van der Waals surface area (Å²) in [6.07, 6.45) is 0. The first-order valence-electron chi connectivity index (χ1n) is 4.88. The normalized spacial score (nSPS) is 10.3. The van der Waals surface area contributed by atoms with Crippen molar-refractivity contribution in [2.24, 2.45) is 0 Å². The lowest BCUT2D eigenvalue weighted by Gasteiger charge is -2.06. The van der Waals surface area contributed by atoms with Crippen LogP contribution in [0.2, 0.25) is 5.02 Å². The number of amides is 1. The van der Waals surface area contributed by atoms with Gasteiger partial charge in [-0.3, -0.25) is 4.79 Å². The van der Waals surface area contributed by atoms with E-state index in [4.69, 9.17) is 11.6 Å². The highest BCUT2D eigenvalue weighted by Crippen LogP contribution is 2.25. The Balaban J connectivity index is 2.19. The Hall–Kier alpha value is -0.840. The summed E-state index contributed by atoms with van der Waals surface area (Å²) in [6, 6.07) is 7.39. The fourth-order valence-corrected chi connectivity index (χ4v) is 2.73. The lowest BCUT2D eigenvalue weighted by atomic mass is 10.2. The van der Waals surface area contributed by atoms with Gasteiger partial charge in [0, 0.05) is 10.2 Å². The minimum Gasteiger partial charge on any atom is -0.321 e. The summed E-state index contributed by atoms with van der Waals surface area (Å²) in [5.41, 5.74) is 1.87. The van der Waals surface area contributed by atoms with Crippen LogP contribution in [0.25, 0.3) is 0 Å². The van der Waals surface area contributed by atoms with Crippen molar-refractivity contribution in [2.75, 3.05) is 5.32 Å². The number of benzene rings is 1. The lowest BCUT2D eigenvalue weighted by Crippen LogP contribution is -2.10. The van der Waals surface area contributed by atoms with E-state index in [-0.39, 0.29) is 5.91 Å². The van der Waals surface area contributed by atoms with Crippen LogP contribution in [0.3, 0.4) is 0 Å². The number of carbonyl (C=O) groups excluding carboxylic acids is 1. The predicted molar refractivity (Wildman–Crippen MR) is 76.2 cm³/mol. The van der Waals surface area contributed by atoms with Crippen LogP contribution in [0, 0.1) is 6.92 Å². The average Bonchev–Trinajstić information content (AvgIpc) is 2.70. The summed E-state index contributed by atoms with van der Waals surface area (Å²) in [6.45, 7) is 1.99. The summed E-state index contributed by atoms with van der Waals surface area (Å²) in [7, 11) is 0. The van der Waals surface area contributed by atoms with Crippen molar-refractivity contribution < 1.29 is 4.79 Å². The molecule has 1 N–H and O–H groups in total. The fourth-order valence-electron chi connectivity index (χ4n) is 1.31. The van der Waals surface area contributed by atoms with E-state index < -0.39 is 0 Å². The molecule has 88 valence electrons. The maximum absolute atomic E-state index is 11.9. The molecule has 1 heterocycles. The van der Waals surface area contributed by atoms with Crippen LogP contribution in [-0.2, 0) is 0 Å². The topological polar surface area (TPSA) is 29.1 Å². The molecule has 2 aromatic rings. The molecule has 0 unspecified atom stereocenters. The van der Waals surface area contributed by atoms with Gasteiger partial charge in [-0.05, 0) is 36.1 Å². The molecule has 2 rings (SSSR count). The zero-order valence-electron chi connectivity index (χ0n) is 8.96. The SMILES string of the molecule is Cc1ccc(NC(=O)c2sccc2Cl)cc1Br. The lowest BCUT2D eigenvalue weighted by molar-refractivity contribution is 0.103. The molecule has 0 saturated carbocycles. The van der Waals surface area contributed by atoms with Crippen molar-refractivity contribution in [1.29, 1.82) is 0 Å². The van der Waals surface area contributed by atoms with E-state index in [1.165, 1.54) is 11.3 Å². The third kappa shape index (κ3) is 2.89. The molecule has 1 aromatic carbocycles. The first-order chi connectivity index (χ1) is 8.08. The average molecular weight is 331 g/mol. The molecule has 2 nitrogen and oxygen atoms in total. The molecule has 0 aliphatic heterocycles. The van der Waals surface area contributed by atoms with Gasteiger partial charge >= 0.3 is 0 Å². The Kier molecular flexibility index (Phi) is 3.86. The zero-order valence-corrected chi connectivity index (χ0v) is 12.1. The van der Waals surface area contributed by atoms with Gasteiger partial charge in [-0.2, -0.15) is 0 Å². The van der Waals surface area contributed by atoms with Gasteiger partial charge < -0.3 is 5.32 Å². The quantitative estimate of drug-likeness (QED) is 0.847.